The Morgan fingerprint density at radius 1 is 0.960 bits per heavy atom. The first kappa shape index (κ1) is 16.0. The second-order valence-electron chi connectivity index (χ2n) is 6.46. The van der Waals surface area contributed by atoms with Gasteiger partial charge in [0, 0.05) is 39.3 Å². The van der Waals surface area contributed by atoms with Crippen molar-refractivity contribution in [1.29, 1.82) is 0 Å². The van der Waals surface area contributed by atoms with Gasteiger partial charge in [0.1, 0.15) is 6.33 Å². The molecule has 3 heterocycles. The number of benzene rings is 1. The highest BCUT2D eigenvalue weighted by Crippen LogP contribution is 2.22. The van der Waals surface area contributed by atoms with Gasteiger partial charge in [-0.15, -0.1) is 0 Å². The van der Waals surface area contributed by atoms with E-state index in [9.17, 15) is 0 Å². The number of fused-ring (bicyclic) bond motifs is 1. The summed E-state index contributed by atoms with van der Waals surface area (Å²) < 4.78 is 2.07. The minimum absolute atomic E-state index is 0.875. The van der Waals surface area contributed by atoms with Crippen LogP contribution in [0.2, 0.25) is 0 Å². The Bertz CT molecular complexity index is 820. The van der Waals surface area contributed by atoms with Gasteiger partial charge in [-0.2, -0.15) is 0 Å². The maximum absolute atomic E-state index is 4.54. The molecule has 1 aliphatic rings. The zero-order valence-electron chi connectivity index (χ0n) is 14.7. The number of anilines is 1. The number of aromatic nitrogens is 4. The first-order valence-electron chi connectivity index (χ1n) is 9.02. The van der Waals surface area contributed by atoms with E-state index in [2.05, 4.69) is 66.6 Å². The van der Waals surface area contributed by atoms with Crippen molar-refractivity contribution in [2.75, 3.05) is 37.6 Å². The number of nitrogens with zero attached hydrogens (tertiary/aromatic N) is 6. The quantitative estimate of drug-likeness (QED) is 0.715. The SMILES string of the molecule is CCn1cnc2c(N3CCN(CCc4ccccc4)CC3)ncnc21. The molecule has 130 valence electrons. The van der Waals surface area contributed by atoms with E-state index in [-0.39, 0.29) is 0 Å². The molecule has 1 aromatic carbocycles. The lowest BCUT2D eigenvalue weighted by Crippen LogP contribution is -2.47. The van der Waals surface area contributed by atoms with Crippen LogP contribution >= 0.6 is 0 Å². The second kappa shape index (κ2) is 7.19. The molecule has 1 aliphatic heterocycles. The van der Waals surface area contributed by atoms with Crippen LogP contribution in [-0.4, -0.2) is 57.1 Å². The van der Waals surface area contributed by atoms with E-state index in [0.29, 0.717) is 0 Å². The molecular weight excluding hydrogens is 312 g/mol. The number of aryl methyl sites for hydroxylation is 1. The zero-order valence-corrected chi connectivity index (χ0v) is 14.7. The first-order valence-corrected chi connectivity index (χ1v) is 9.02. The highest BCUT2D eigenvalue weighted by molar-refractivity contribution is 5.83. The van der Waals surface area contributed by atoms with Crippen LogP contribution in [0.4, 0.5) is 5.82 Å². The maximum atomic E-state index is 4.54. The van der Waals surface area contributed by atoms with Crippen LogP contribution in [0.1, 0.15) is 12.5 Å². The molecule has 1 saturated heterocycles. The Hall–Kier alpha value is -2.47. The van der Waals surface area contributed by atoms with Crippen molar-refractivity contribution in [2.24, 2.45) is 0 Å². The lowest BCUT2D eigenvalue weighted by atomic mass is 10.1. The third-order valence-corrected chi connectivity index (χ3v) is 4.95. The summed E-state index contributed by atoms with van der Waals surface area (Å²) in [5.74, 6) is 0.972. The lowest BCUT2D eigenvalue weighted by molar-refractivity contribution is 0.260. The average Bonchev–Trinajstić information content (AvgIpc) is 3.11. The van der Waals surface area contributed by atoms with Gasteiger partial charge >= 0.3 is 0 Å². The summed E-state index contributed by atoms with van der Waals surface area (Å²) in [6, 6.07) is 10.7. The summed E-state index contributed by atoms with van der Waals surface area (Å²) in [5, 5.41) is 0. The predicted molar refractivity (Wildman–Crippen MR) is 99.8 cm³/mol. The lowest BCUT2D eigenvalue weighted by Gasteiger charge is -2.35. The van der Waals surface area contributed by atoms with Crippen LogP contribution in [0, 0.1) is 0 Å². The van der Waals surface area contributed by atoms with Gasteiger partial charge in [0.05, 0.1) is 6.33 Å². The minimum atomic E-state index is 0.875. The van der Waals surface area contributed by atoms with Crippen LogP contribution in [0.5, 0.6) is 0 Å². The summed E-state index contributed by atoms with van der Waals surface area (Å²) in [6.45, 7) is 8.19. The van der Waals surface area contributed by atoms with Gasteiger partial charge in [-0.3, -0.25) is 4.90 Å². The molecule has 0 unspecified atom stereocenters. The molecule has 6 heteroatoms. The summed E-state index contributed by atoms with van der Waals surface area (Å²) in [5.41, 5.74) is 3.26. The van der Waals surface area contributed by atoms with E-state index < -0.39 is 0 Å². The van der Waals surface area contributed by atoms with Gasteiger partial charge in [-0.05, 0) is 18.9 Å². The van der Waals surface area contributed by atoms with E-state index in [1.807, 2.05) is 6.33 Å². The Kier molecular flexibility index (Phi) is 4.61. The maximum Gasteiger partial charge on any atom is 0.165 e. The van der Waals surface area contributed by atoms with E-state index in [1.165, 1.54) is 5.56 Å². The first-order chi connectivity index (χ1) is 12.3. The molecule has 1 fully saturated rings. The molecule has 25 heavy (non-hydrogen) atoms. The Labute approximate surface area is 148 Å². The number of piperazine rings is 1. The third-order valence-electron chi connectivity index (χ3n) is 4.95. The van der Waals surface area contributed by atoms with E-state index in [4.69, 9.17) is 0 Å². The molecule has 0 amide bonds. The normalized spacial score (nSPS) is 15.8. The van der Waals surface area contributed by atoms with Crippen molar-refractivity contribution in [3.8, 4) is 0 Å². The summed E-state index contributed by atoms with van der Waals surface area (Å²) in [4.78, 5) is 18.3. The molecule has 0 N–H and O–H groups in total. The molecule has 0 aliphatic carbocycles. The molecular formula is C19H24N6. The van der Waals surface area contributed by atoms with Gasteiger partial charge in [-0.1, -0.05) is 30.3 Å². The van der Waals surface area contributed by atoms with Crippen molar-refractivity contribution in [1.82, 2.24) is 24.4 Å². The Morgan fingerprint density at radius 2 is 1.76 bits per heavy atom. The van der Waals surface area contributed by atoms with Crippen molar-refractivity contribution in [3.05, 3.63) is 48.5 Å². The van der Waals surface area contributed by atoms with Crippen LogP contribution in [0.25, 0.3) is 11.2 Å². The molecule has 3 aromatic rings. The van der Waals surface area contributed by atoms with Crippen molar-refractivity contribution < 1.29 is 0 Å². The third kappa shape index (κ3) is 3.35. The fraction of sp³-hybridized carbons (Fsp3) is 0.421. The van der Waals surface area contributed by atoms with Gasteiger partial charge in [0.2, 0.25) is 0 Å². The predicted octanol–water partition coefficient (Wildman–Crippen LogP) is 2.21. The summed E-state index contributed by atoms with van der Waals surface area (Å²) >= 11 is 0. The topological polar surface area (TPSA) is 50.1 Å². The zero-order chi connectivity index (χ0) is 17.1. The fourth-order valence-electron chi connectivity index (χ4n) is 3.45. The monoisotopic (exact) mass is 336 g/mol. The smallest absolute Gasteiger partial charge is 0.165 e. The Morgan fingerprint density at radius 3 is 2.52 bits per heavy atom. The second-order valence-corrected chi connectivity index (χ2v) is 6.46. The molecule has 0 saturated carbocycles. The van der Waals surface area contributed by atoms with E-state index in [0.717, 1.165) is 62.7 Å². The molecule has 0 spiro atoms. The molecule has 4 rings (SSSR count). The standard InChI is InChI=1S/C19H24N6/c1-2-24-15-22-17-18(24)20-14-21-19(17)25-12-10-23(11-13-25)9-8-16-6-4-3-5-7-16/h3-7,14-15H,2,8-13H2,1H3. The van der Waals surface area contributed by atoms with Crippen molar-refractivity contribution in [3.63, 3.8) is 0 Å². The van der Waals surface area contributed by atoms with Crippen molar-refractivity contribution in [2.45, 2.75) is 19.9 Å². The summed E-state index contributed by atoms with van der Waals surface area (Å²) in [6.07, 6.45) is 4.63. The van der Waals surface area contributed by atoms with Gasteiger partial charge < -0.3 is 9.47 Å². The Balaban J connectivity index is 1.40. The molecule has 0 atom stereocenters. The number of hydrogen-bond acceptors (Lipinski definition) is 5. The van der Waals surface area contributed by atoms with Crippen LogP contribution in [0.15, 0.2) is 43.0 Å². The van der Waals surface area contributed by atoms with Crippen molar-refractivity contribution >= 4 is 17.0 Å². The summed E-state index contributed by atoms with van der Waals surface area (Å²) in [7, 11) is 0. The van der Waals surface area contributed by atoms with Crippen LogP contribution in [-0.2, 0) is 13.0 Å². The number of imidazole rings is 1. The fourth-order valence-corrected chi connectivity index (χ4v) is 3.45. The largest absolute Gasteiger partial charge is 0.352 e. The highest BCUT2D eigenvalue weighted by Gasteiger charge is 2.21. The number of hydrogen-bond donors (Lipinski definition) is 0. The average molecular weight is 336 g/mol. The van der Waals surface area contributed by atoms with Gasteiger partial charge in [0.15, 0.2) is 17.0 Å². The van der Waals surface area contributed by atoms with Gasteiger partial charge in [0.25, 0.3) is 0 Å². The van der Waals surface area contributed by atoms with Gasteiger partial charge in [-0.25, -0.2) is 15.0 Å². The molecule has 0 bridgehead atoms. The highest BCUT2D eigenvalue weighted by atomic mass is 15.3. The molecule has 6 nitrogen and oxygen atoms in total. The number of rotatable bonds is 5. The molecule has 2 aromatic heterocycles. The minimum Gasteiger partial charge on any atom is -0.352 e. The van der Waals surface area contributed by atoms with Crippen LogP contribution in [0.3, 0.4) is 0 Å². The van der Waals surface area contributed by atoms with E-state index in [1.54, 1.807) is 6.33 Å². The molecule has 0 radical (unpaired) electrons. The van der Waals surface area contributed by atoms with Crippen LogP contribution < -0.4 is 4.90 Å². The van der Waals surface area contributed by atoms with E-state index >= 15 is 0 Å².